The minimum Gasteiger partial charge on any atom is -0.481 e. The lowest BCUT2D eigenvalue weighted by molar-refractivity contribution is 0.403. The molecule has 0 bridgehead atoms. The highest BCUT2D eigenvalue weighted by atomic mass is 35.5. The fourth-order valence-electron chi connectivity index (χ4n) is 1.30. The molecule has 0 unspecified atom stereocenters. The third kappa shape index (κ3) is 1.33. The van der Waals surface area contributed by atoms with E-state index in [0.29, 0.717) is 5.88 Å². The number of rotatable bonds is 1. The molecule has 2 rings (SSSR count). The van der Waals surface area contributed by atoms with E-state index in [-0.39, 0.29) is 0 Å². The van der Waals surface area contributed by atoms with E-state index < -0.39 is 0 Å². The van der Waals surface area contributed by atoms with Gasteiger partial charge in [0.1, 0.15) is 0 Å². The summed E-state index contributed by atoms with van der Waals surface area (Å²) in [4.78, 5) is 4.09. The Morgan fingerprint density at radius 2 is 2.08 bits per heavy atom. The lowest BCUT2D eigenvalue weighted by Gasteiger charge is -2.04. The van der Waals surface area contributed by atoms with Crippen LogP contribution in [0.5, 0.6) is 5.88 Å². The van der Waals surface area contributed by atoms with Gasteiger partial charge in [-0.2, -0.15) is 0 Å². The molecule has 0 amide bonds. The van der Waals surface area contributed by atoms with Gasteiger partial charge in [0.05, 0.1) is 7.11 Å². The molecule has 0 spiro atoms. The summed E-state index contributed by atoms with van der Waals surface area (Å²) in [5.74, 6) is 0.611. The monoisotopic (exact) mass is 193 g/mol. The number of pyridine rings is 1. The van der Waals surface area contributed by atoms with Gasteiger partial charge in [-0.15, -0.1) is 0 Å². The summed E-state index contributed by atoms with van der Waals surface area (Å²) in [6.45, 7) is 0. The Morgan fingerprint density at radius 3 is 2.85 bits per heavy atom. The molecule has 2 nitrogen and oxygen atoms in total. The molecule has 13 heavy (non-hydrogen) atoms. The van der Waals surface area contributed by atoms with Crippen LogP contribution in [0.2, 0.25) is 5.02 Å². The van der Waals surface area contributed by atoms with Gasteiger partial charge in [0.25, 0.3) is 0 Å². The summed E-state index contributed by atoms with van der Waals surface area (Å²) < 4.78 is 5.11. The fourth-order valence-corrected chi connectivity index (χ4v) is 1.54. The summed E-state index contributed by atoms with van der Waals surface area (Å²) in [5.41, 5.74) is 0. The van der Waals surface area contributed by atoms with Crippen LogP contribution in [0.1, 0.15) is 0 Å². The van der Waals surface area contributed by atoms with E-state index >= 15 is 0 Å². The maximum Gasteiger partial charge on any atom is 0.221 e. The predicted molar refractivity (Wildman–Crippen MR) is 53.3 cm³/mol. The molecule has 0 aliphatic heterocycles. The van der Waals surface area contributed by atoms with Crippen molar-refractivity contribution >= 4 is 22.4 Å². The van der Waals surface area contributed by atoms with Gasteiger partial charge in [0, 0.05) is 22.0 Å². The van der Waals surface area contributed by atoms with E-state index in [1.54, 1.807) is 13.3 Å². The molecule has 0 aliphatic rings. The molecule has 2 aromatic rings. The van der Waals surface area contributed by atoms with Gasteiger partial charge in [0.15, 0.2) is 0 Å². The molecular weight excluding hydrogens is 186 g/mol. The molecule has 0 atom stereocenters. The number of aromatic nitrogens is 1. The normalized spacial score (nSPS) is 10.3. The summed E-state index contributed by atoms with van der Waals surface area (Å²) in [6, 6.07) is 7.55. The van der Waals surface area contributed by atoms with Crippen LogP contribution in [0.4, 0.5) is 0 Å². The topological polar surface area (TPSA) is 22.1 Å². The van der Waals surface area contributed by atoms with Crippen LogP contribution in [-0.2, 0) is 0 Å². The van der Waals surface area contributed by atoms with Gasteiger partial charge in [-0.25, -0.2) is 4.98 Å². The Bertz CT molecular complexity index is 442. The second-order valence-corrected chi connectivity index (χ2v) is 3.06. The number of hydrogen-bond donors (Lipinski definition) is 0. The van der Waals surface area contributed by atoms with Crippen molar-refractivity contribution < 1.29 is 4.74 Å². The van der Waals surface area contributed by atoms with Gasteiger partial charge >= 0.3 is 0 Å². The highest BCUT2D eigenvalue weighted by molar-refractivity contribution is 6.35. The molecule has 0 saturated heterocycles. The van der Waals surface area contributed by atoms with E-state index in [4.69, 9.17) is 16.3 Å². The first-order valence-corrected chi connectivity index (χ1v) is 4.28. The molecule has 0 radical (unpaired) electrons. The smallest absolute Gasteiger partial charge is 0.221 e. The third-order valence-electron chi connectivity index (χ3n) is 1.91. The van der Waals surface area contributed by atoms with Crippen molar-refractivity contribution in [3.05, 3.63) is 35.5 Å². The van der Waals surface area contributed by atoms with Crippen molar-refractivity contribution in [3.63, 3.8) is 0 Å². The van der Waals surface area contributed by atoms with Crippen LogP contribution in [0, 0.1) is 0 Å². The number of benzene rings is 1. The maximum atomic E-state index is 6.00. The molecule has 0 fully saturated rings. The van der Waals surface area contributed by atoms with Gasteiger partial charge in [-0.05, 0) is 18.2 Å². The van der Waals surface area contributed by atoms with Crippen molar-refractivity contribution in [2.24, 2.45) is 0 Å². The average Bonchev–Trinajstić information content (AvgIpc) is 2.18. The second-order valence-electron chi connectivity index (χ2n) is 2.66. The number of halogens is 1. The van der Waals surface area contributed by atoms with E-state index in [2.05, 4.69) is 4.98 Å². The Hall–Kier alpha value is -1.28. The first kappa shape index (κ1) is 8.32. The zero-order valence-corrected chi connectivity index (χ0v) is 7.88. The van der Waals surface area contributed by atoms with E-state index in [1.807, 2.05) is 24.3 Å². The molecule has 3 heteroatoms. The van der Waals surface area contributed by atoms with Crippen molar-refractivity contribution in [2.45, 2.75) is 0 Å². The SMILES string of the molecule is COc1nccc2c(Cl)cccc12. The summed E-state index contributed by atoms with van der Waals surface area (Å²) in [7, 11) is 1.60. The van der Waals surface area contributed by atoms with Crippen LogP contribution in [0.3, 0.4) is 0 Å². The van der Waals surface area contributed by atoms with E-state index in [1.165, 1.54) is 0 Å². The molecular formula is C10H8ClNO. The van der Waals surface area contributed by atoms with Crippen LogP contribution >= 0.6 is 11.6 Å². The van der Waals surface area contributed by atoms with Crippen LogP contribution in [-0.4, -0.2) is 12.1 Å². The lowest BCUT2D eigenvalue weighted by Crippen LogP contribution is -1.88. The molecule has 0 N–H and O–H groups in total. The average molecular weight is 194 g/mol. The maximum absolute atomic E-state index is 6.00. The molecule has 0 aliphatic carbocycles. The number of hydrogen-bond acceptors (Lipinski definition) is 2. The Balaban J connectivity index is 2.84. The highest BCUT2D eigenvalue weighted by Gasteiger charge is 2.03. The quantitative estimate of drug-likeness (QED) is 0.695. The predicted octanol–water partition coefficient (Wildman–Crippen LogP) is 2.90. The second kappa shape index (κ2) is 3.23. The van der Waals surface area contributed by atoms with Crippen LogP contribution in [0.25, 0.3) is 10.8 Å². The molecule has 66 valence electrons. The van der Waals surface area contributed by atoms with Crippen molar-refractivity contribution in [3.8, 4) is 5.88 Å². The zero-order valence-electron chi connectivity index (χ0n) is 7.12. The Morgan fingerprint density at radius 1 is 1.23 bits per heavy atom. The summed E-state index contributed by atoms with van der Waals surface area (Å²) in [6.07, 6.45) is 1.69. The number of nitrogens with zero attached hydrogens (tertiary/aromatic N) is 1. The fraction of sp³-hybridized carbons (Fsp3) is 0.100. The number of methoxy groups -OCH3 is 1. The minimum atomic E-state index is 0.611. The van der Waals surface area contributed by atoms with Crippen molar-refractivity contribution in [1.29, 1.82) is 0 Å². The third-order valence-corrected chi connectivity index (χ3v) is 2.24. The van der Waals surface area contributed by atoms with Crippen LogP contribution in [0.15, 0.2) is 30.5 Å². The molecule has 1 heterocycles. The molecule has 1 aromatic heterocycles. The number of ether oxygens (including phenoxy) is 1. The first-order valence-electron chi connectivity index (χ1n) is 3.90. The van der Waals surface area contributed by atoms with Gasteiger partial charge < -0.3 is 4.74 Å². The summed E-state index contributed by atoms with van der Waals surface area (Å²) >= 11 is 6.00. The van der Waals surface area contributed by atoms with Gasteiger partial charge in [-0.1, -0.05) is 17.7 Å². The van der Waals surface area contributed by atoms with E-state index in [9.17, 15) is 0 Å². The zero-order chi connectivity index (χ0) is 9.26. The van der Waals surface area contributed by atoms with Crippen LogP contribution < -0.4 is 4.74 Å². The summed E-state index contributed by atoms with van der Waals surface area (Å²) in [5, 5.41) is 2.63. The Labute approximate surface area is 81.1 Å². The highest BCUT2D eigenvalue weighted by Crippen LogP contribution is 2.27. The lowest BCUT2D eigenvalue weighted by atomic mass is 10.2. The molecule has 1 aromatic carbocycles. The first-order chi connectivity index (χ1) is 6.33. The largest absolute Gasteiger partial charge is 0.481 e. The van der Waals surface area contributed by atoms with Crippen molar-refractivity contribution in [1.82, 2.24) is 4.98 Å². The Kier molecular flexibility index (Phi) is 2.07. The van der Waals surface area contributed by atoms with Crippen molar-refractivity contribution in [2.75, 3.05) is 7.11 Å². The standard InChI is InChI=1S/C10H8ClNO/c1-13-10-8-3-2-4-9(11)7(8)5-6-12-10/h2-6H,1H3. The number of fused-ring (bicyclic) bond motifs is 1. The molecule has 0 saturated carbocycles. The van der Waals surface area contributed by atoms with E-state index in [0.717, 1.165) is 15.8 Å². The van der Waals surface area contributed by atoms with Gasteiger partial charge in [0.2, 0.25) is 5.88 Å². The van der Waals surface area contributed by atoms with Gasteiger partial charge in [-0.3, -0.25) is 0 Å². The minimum absolute atomic E-state index is 0.611.